The molecule has 6 heteroatoms. The third kappa shape index (κ3) is 7.02. The van der Waals surface area contributed by atoms with Gasteiger partial charge in [0.2, 0.25) is 0 Å². The summed E-state index contributed by atoms with van der Waals surface area (Å²) >= 11 is 0. The summed E-state index contributed by atoms with van der Waals surface area (Å²) in [6.07, 6.45) is 6.08. The van der Waals surface area contributed by atoms with Crippen LogP contribution in [0.4, 0.5) is 4.79 Å². The molecular formula is C15H28N4O2. The third-order valence-corrected chi connectivity index (χ3v) is 3.02. The topological polar surface area (TPSA) is 66.0 Å². The van der Waals surface area contributed by atoms with E-state index in [4.69, 9.17) is 4.74 Å². The second kappa shape index (κ2) is 7.90. The predicted molar refractivity (Wildman–Crippen MR) is 85.5 cm³/mol. The van der Waals surface area contributed by atoms with Crippen LogP contribution >= 0.6 is 0 Å². The highest BCUT2D eigenvalue weighted by atomic mass is 16.6. The molecule has 0 heterocycles. The molecule has 0 aromatic carbocycles. The fourth-order valence-electron chi connectivity index (χ4n) is 1.90. The lowest BCUT2D eigenvalue weighted by Crippen LogP contribution is -2.45. The van der Waals surface area contributed by atoms with Gasteiger partial charge in [0.25, 0.3) is 0 Å². The Hall–Kier alpha value is -1.72. The van der Waals surface area contributed by atoms with Crippen molar-refractivity contribution in [2.24, 2.45) is 4.99 Å². The molecule has 1 aliphatic rings. The molecule has 0 fully saturated rings. The van der Waals surface area contributed by atoms with Crippen LogP contribution in [-0.2, 0) is 4.74 Å². The quantitative estimate of drug-likeness (QED) is 0.471. The van der Waals surface area contributed by atoms with Crippen LogP contribution in [0.25, 0.3) is 0 Å². The highest BCUT2D eigenvalue weighted by molar-refractivity contribution is 5.80. The van der Waals surface area contributed by atoms with Crippen LogP contribution in [0.1, 0.15) is 33.6 Å². The van der Waals surface area contributed by atoms with Gasteiger partial charge in [0.1, 0.15) is 5.60 Å². The van der Waals surface area contributed by atoms with E-state index >= 15 is 0 Å². The number of guanidine groups is 1. The number of nitrogens with one attached hydrogen (secondary N) is 2. The number of ether oxygens (including phenoxy) is 1. The largest absolute Gasteiger partial charge is 0.444 e. The number of amides is 1. The van der Waals surface area contributed by atoms with Gasteiger partial charge in [-0.3, -0.25) is 4.99 Å². The molecule has 1 amide bonds. The summed E-state index contributed by atoms with van der Waals surface area (Å²) in [5.41, 5.74) is -0.466. The van der Waals surface area contributed by atoms with Crippen LogP contribution in [0.15, 0.2) is 17.1 Å². The standard InChI is InChI=1S/C15H28N4O2/c1-15(2,3)21-14(20)19(5)11-10-17-13(16-4)18-12-8-6-7-9-12/h6-7,12H,8-11H2,1-5H3,(H2,16,17,18). The molecule has 0 saturated carbocycles. The van der Waals surface area contributed by atoms with E-state index in [1.165, 1.54) is 0 Å². The Morgan fingerprint density at radius 1 is 1.38 bits per heavy atom. The zero-order valence-electron chi connectivity index (χ0n) is 13.8. The van der Waals surface area contributed by atoms with E-state index in [0.29, 0.717) is 19.1 Å². The highest BCUT2D eigenvalue weighted by Gasteiger charge is 2.19. The van der Waals surface area contributed by atoms with E-state index in [1.54, 1.807) is 19.0 Å². The number of likely N-dealkylation sites (N-methyl/N-ethyl adjacent to an activating group) is 1. The van der Waals surface area contributed by atoms with Gasteiger partial charge in [-0.15, -0.1) is 0 Å². The van der Waals surface area contributed by atoms with E-state index in [9.17, 15) is 4.79 Å². The Morgan fingerprint density at radius 2 is 2.00 bits per heavy atom. The van der Waals surface area contributed by atoms with Crippen molar-refractivity contribution < 1.29 is 9.53 Å². The first-order valence-corrected chi connectivity index (χ1v) is 7.38. The summed E-state index contributed by atoms with van der Waals surface area (Å²) in [4.78, 5) is 17.5. The fraction of sp³-hybridized carbons (Fsp3) is 0.733. The summed E-state index contributed by atoms with van der Waals surface area (Å²) in [7, 11) is 3.47. The number of hydrogen-bond acceptors (Lipinski definition) is 3. The molecule has 21 heavy (non-hydrogen) atoms. The van der Waals surface area contributed by atoms with E-state index in [0.717, 1.165) is 18.8 Å². The maximum absolute atomic E-state index is 11.8. The molecule has 2 N–H and O–H groups in total. The van der Waals surface area contributed by atoms with Crippen molar-refractivity contribution in [1.29, 1.82) is 0 Å². The van der Waals surface area contributed by atoms with Crippen LogP contribution < -0.4 is 10.6 Å². The zero-order valence-corrected chi connectivity index (χ0v) is 13.8. The number of carbonyl (C=O) groups is 1. The number of aliphatic imine (C=N–C) groups is 1. The number of nitrogens with zero attached hydrogens (tertiary/aromatic N) is 2. The van der Waals surface area contributed by atoms with Gasteiger partial charge in [0, 0.05) is 33.2 Å². The molecule has 6 nitrogen and oxygen atoms in total. The first-order chi connectivity index (χ1) is 9.81. The normalized spacial score (nSPS) is 16.0. The summed E-state index contributed by atoms with van der Waals surface area (Å²) in [5.74, 6) is 0.765. The van der Waals surface area contributed by atoms with Crippen molar-refractivity contribution in [2.45, 2.75) is 45.3 Å². The van der Waals surface area contributed by atoms with Gasteiger partial charge in [0.05, 0.1) is 0 Å². The van der Waals surface area contributed by atoms with Gasteiger partial charge in [-0.1, -0.05) is 12.2 Å². The molecular weight excluding hydrogens is 268 g/mol. The molecule has 0 atom stereocenters. The number of hydrogen-bond donors (Lipinski definition) is 2. The summed E-state index contributed by atoms with van der Waals surface area (Å²) in [6, 6.07) is 0.416. The summed E-state index contributed by atoms with van der Waals surface area (Å²) < 4.78 is 5.30. The maximum Gasteiger partial charge on any atom is 0.410 e. The molecule has 1 rings (SSSR count). The minimum absolute atomic E-state index is 0.313. The molecule has 0 bridgehead atoms. The Balaban J connectivity index is 2.26. The van der Waals surface area contributed by atoms with Gasteiger partial charge < -0.3 is 20.3 Å². The molecule has 0 aliphatic heterocycles. The first-order valence-electron chi connectivity index (χ1n) is 7.38. The Labute approximate surface area is 127 Å². The van der Waals surface area contributed by atoms with Crippen molar-refractivity contribution in [3.05, 3.63) is 12.2 Å². The van der Waals surface area contributed by atoms with Crippen LogP contribution in [0.3, 0.4) is 0 Å². The molecule has 0 unspecified atom stereocenters. The molecule has 1 aliphatic carbocycles. The van der Waals surface area contributed by atoms with E-state index < -0.39 is 5.60 Å². The molecule has 0 aromatic heterocycles. The van der Waals surface area contributed by atoms with Gasteiger partial charge in [-0.25, -0.2) is 4.79 Å². The Kier molecular flexibility index (Phi) is 6.52. The van der Waals surface area contributed by atoms with Gasteiger partial charge >= 0.3 is 6.09 Å². The van der Waals surface area contributed by atoms with Crippen LogP contribution in [0.2, 0.25) is 0 Å². The van der Waals surface area contributed by atoms with E-state index in [1.807, 2.05) is 20.8 Å². The lowest BCUT2D eigenvalue weighted by atomic mass is 10.2. The molecule has 0 saturated heterocycles. The van der Waals surface area contributed by atoms with E-state index in [-0.39, 0.29) is 6.09 Å². The van der Waals surface area contributed by atoms with Crippen molar-refractivity contribution in [2.75, 3.05) is 27.2 Å². The predicted octanol–water partition coefficient (Wildman–Crippen LogP) is 1.74. The Bertz CT molecular complexity index is 391. The smallest absolute Gasteiger partial charge is 0.410 e. The highest BCUT2D eigenvalue weighted by Crippen LogP contribution is 2.09. The first kappa shape index (κ1) is 17.3. The third-order valence-electron chi connectivity index (χ3n) is 3.02. The van der Waals surface area contributed by atoms with Crippen molar-refractivity contribution in [3.8, 4) is 0 Å². The van der Waals surface area contributed by atoms with Crippen LogP contribution in [0, 0.1) is 0 Å². The average Bonchev–Trinajstić information content (AvgIpc) is 2.88. The molecule has 0 spiro atoms. The van der Waals surface area contributed by atoms with Crippen LogP contribution in [-0.4, -0.2) is 55.8 Å². The van der Waals surface area contributed by atoms with Crippen molar-refractivity contribution in [1.82, 2.24) is 15.5 Å². The minimum Gasteiger partial charge on any atom is -0.444 e. The van der Waals surface area contributed by atoms with Crippen molar-refractivity contribution in [3.63, 3.8) is 0 Å². The summed E-state index contributed by atoms with van der Waals surface area (Å²) in [6.45, 7) is 6.75. The van der Waals surface area contributed by atoms with E-state index in [2.05, 4.69) is 27.8 Å². The second-order valence-electron chi connectivity index (χ2n) is 6.18. The number of rotatable bonds is 4. The van der Waals surface area contributed by atoms with Crippen LogP contribution in [0.5, 0.6) is 0 Å². The minimum atomic E-state index is -0.466. The molecule has 120 valence electrons. The fourth-order valence-corrected chi connectivity index (χ4v) is 1.90. The van der Waals surface area contributed by atoms with Crippen molar-refractivity contribution >= 4 is 12.1 Å². The lowest BCUT2D eigenvalue weighted by molar-refractivity contribution is 0.0302. The van der Waals surface area contributed by atoms with Gasteiger partial charge in [0.15, 0.2) is 5.96 Å². The maximum atomic E-state index is 11.8. The van der Waals surface area contributed by atoms with Gasteiger partial charge in [-0.05, 0) is 33.6 Å². The second-order valence-corrected chi connectivity index (χ2v) is 6.18. The Morgan fingerprint density at radius 3 is 2.52 bits per heavy atom. The van der Waals surface area contributed by atoms with Gasteiger partial charge in [-0.2, -0.15) is 0 Å². The monoisotopic (exact) mass is 296 g/mol. The SMILES string of the molecule is CN=C(NCCN(C)C(=O)OC(C)(C)C)NC1CC=CC1. The lowest BCUT2D eigenvalue weighted by Gasteiger charge is -2.25. The zero-order chi connectivity index (χ0) is 15.9. The molecule has 0 aromatic rings. The molecule has 0 radical (unpaired) electrons. The number of carbonyl (C=O) groups excluding carboxylic acids is 1. The summed E-state index contributed by atoms with van der Waals surface area (Å²) in [5, 5.41) is 6.56. The average molecular weight is 296 g/mol.